The molecule has 0 aliphatic carbocycles. The van der Waals surface area contributed by atoms with Gasteiger partial charge in [0, 0.05) is 17.1 Å². The summed E-state index contributed by atoms with van der Waals surface area (Å²) in [6.07, 6.45) is 0.808. The largest absolute Gasteiger partial charge is 0.516 e. The Kier molecular flexibility index (Phi) is 3.62. The highest BCUT2D eigenvalue weighted by molar-refractivity contribution is 5.89. The molecule has 0 amide bonds. The van der Waals surface area contributed by atoms with E-state index in [9.17, 15) is 9.59 Å². The number of hydrogen-bond acceptors (Lipinski definition) is 4. The molecule has 18 heavy (non-hydrogen) atoms. The number of aromatic amines is 1. The molecule has 94 valence electrons. The second-order valence-electron chi connectivity index (χ2n) is 3.69. The van der Waals surface area contributed by atoms with Gasteiger partial charge in [0.15, 0.2) is 0 Å². The number of fused-ring (bicyclic) bond motifs is 1. The van der Waals surface area contributed by atoms with Crippen molar-refractivity contribution < 1.29 is 19.1 Å². The van der Waals surface area contributed by atoms with Crippen LogP contribution < -0.4 is 0 Å². The maximum Gasteiger partial charge on any atom is 0.516 e. The van der Waals surface area contributed by atoms with Crippen LogP contribution in [0.4, 0.5) is 4.79 Å². The number of carbonyl (C=O) groups is 2. The molecular weight excluding hydrogens is 234 g/mol. The highest BCUT2D eigenvalue weighted by Gasteiger charge is 2.14. The summed E-state index contributed by atoms with van der Waals surface area (Å²) < 4.78 is 9.03. The van der Waals surface area contributed by atoms with Crippen LogP contribution in [0.1, 0.15) is 12.5 Å². The number of para-hydroxylation sites is 1. The van der Waals surface area contributed by atoms with Crippen molar-refractivity contribution in [3.63, 3.8) is 0 Å². The number of nitrogens with one attached hydrogen (secondary N) is 1. The first kappa shape index (κ1) is 12.2. The van der Waals surface area contributed by atoms with Crippen LogP contribution in [0.5, 0.6) is 0 Å². The molecule has 0 spiro atoms. The fourth-order valence-corrected chi connectivity index (χ4v) is 1.71. The normalized spacial score (nSPS) is 10.3. The van der Waals surface area contributed by atoms with E-state index in [2.05, 4.69) is 14.5 Å². The Labute approximate surface area is 104 Å². The lowest BCUT2D eigenvalue weighted by Gasteiger charge is -2.02. The molecule has 0 fully saturated rings. The second-order valence-corrected chi connectivity index (χ2v) is 3.69. The lowest BCUT2D eigenvalue weighted by Crippen LogP contribution is -2.15. The summed E-state index contributed by atoms with van der Waals surface area (Å²) in [4.78, 5) is 25.5. The number of ether oxygens (including phenoxy) is 2. The minimum Gasteiger partial charge on any atom is -0.434 e. The standard InChI is InChI=1S/C13H13NO4/c1-2-17-13(16)18-12(15)7-9-8-14-11-6-4-3-5-10(9)11/h3-6,8,14H,2,7H2,1H3. The quantitative estimate of drug-likeness (QED) is 0.668. The summed E-state index contributed by atoms with van der Waals surface area (Å²) in [5.41, 5.74) is 1.73. The van der Waals surface area contributed by atoms with Crippen LogP contribution in [0.25, 0.3) is 10.9 Å². The van der Waals surface area contributed by atoms with Gasteiger partial charge in [-0.3, -0.25) is 4.79 Å². The van der Waals surface area contributed by atoms with Crippen LogP contribution in [0, 0.1) is 0 Å². The van der Waals surface area contributed by atoms with Gasteiger partial charge in [-0.25, -0.2) is 4.79 Å². The van der Waals surface area contributed by atoms with Crippen LogP contribution in [0.15, 0.2) is 30.5 Å². The van der Waals surface area contributed by atoms with Crippen LogP contribution in [-0.4, -0.2) is 23.7 Å². The van der Waals surface area contributed by atoms with Gasteiger partial charge in [0.1, 0.15) is 0 Å². The fraction of sp³-hybridized carbons (Fsp3) is 0.231. The van der Waals surface area contributed by atoms with Crippen LogP contribution in [0.3, 0.4) is 0 Å². The molecule has 1 heterocycles. The van der Waals surface area contributed by atoms with E-state index in [0.717, 1.165) is 16.5 Å². The molecule has 1 aromatic carbocycles. The molecule has 1 N–H and O–H groups in total. The first-order valence-electron chi connectivity index (χ1n) is 5.63. The average Bonchev–Trinajstić information content (AvgIpc) is 2.73. The number of esters is 1. The molecule has 2 rings (SSSR count). The molecule has 0 saturated carbocycles. The molecule has 0 aliphatic rings. The van der Waals surface area contributed by atoms with Gasteiger partial charge >= 0.3 is 12.1 Å². The molecular formula is C13H13NO4. The summed E-state index contributed by atoms with van der Waals surface area (Å²) in [6.45, 7) is 1.82. The summed E-state index contributed by atoms with van der Waals surface area (Å²) in [7, 11) is 0. The molecule has 0 radical (unpaired) electrons. The molecule has 0 bridgehead atoms. The van der Waals surface area contributed by atoms with E-state index in [4.69, 9.17) is 0 Å². The minimum atomic E-state index is -0.956. The lowest BCUT2D eigenvalue weighted by atomic mass is 10.1. The van der Waals surface area contributed by atoms with E-state index < -0.39 is 12.1 Å². The Morgan fingerprint density at radius 1 is 1.28 bits per heavy atom. The van der Waals surface area contributed by atoms with Gasteiger partial charge in [0.05, 0.1) is 13.0 Å². The first-order valence-corrected chi connectivity index (χ1v) is 5.63. The number of aromatic nitrogens is 1. The maximum atomic E-state index is 11.5. The molecule has 1 aromatic heterocycles. The van der Waals surface area contributed by atoms with Crippen molar-refractivity contribution in [3.05, 3.63) is 36.0 Å². The molecule has 2 aromatic rings. The third-order valence-corrected chi connectivity index (χ3v) is 2.47. The van der Waals surface area contributed by atoms with Gasteiger partial charge in [-0.2, -0.15) is 0 Å². The highest BCUT2D eigenvalue weighted by Crippen LogP contribution is 2.18. The summed E-state index contributed by atoms with van der Waals surface area (Å²) in [5.74, 6) is -0.627. The lowest BCUT2D eigenvalue weighted by molar-refractivity contribution is -0.138. The Bertz CT molecular complexity index is 573. The SMILES string of the molecule is CCOC(=O)OC(=O)Cc1c[nH]c2ccccc12. The van der Waals surface area contributed by atoms with Crippen LogP contribution in [-0.2, 0) is 20.7 Å². The van der Waals surface area contributed by atoms with Gasteiger partial charge in [-0.1, -0.05) is 18.2 Å². The van der Waals surface area contributed by atoms with E-state index >= 15 is 0 Å². The zero-order chi connectivity index (χ0) is 13.0. The van der Waals surface area contributed by atoms with Gasteiger partial charge < -0.3 is 14.5 Å². The van der Waals surface area contributed by atoms with Crippen molar-refractivity contribution in [2.45, 2.75) is 13.3 Å². The molecule has 5 heteroatoms. The number of carbonyl (C=O) groups excluding carboxylic acids is 2. The fourth-order valence-electron chi connectivity index (χ4n) is 1.71. The van der Waals surface area contributed by atoms with Crippen molar-refractivity contribution in [2.75, 3.05) is 6.61 Å². The Morgan fingerprint density at radius 2 is 2.06 bits per heavy atom. The van der Waals surface area contributed by atoms with Gasteiger partial charge in [-0.05, 0) is 18.6 Å². The van der Waals surface area contributed by atoms with Crippen molar-refractivity contribution in [3.8, 4) is 0 Å². The molecule has 0 saturated heterocycles. The van der Waals surface area contributed by atoms with Crippen molar-refractivity contribution in [2.24, 2.45) is 0 Å². The predicted octanol–water partition coefficient (Wildman–Crippen LogP) is 2.41. The Balaban J connectivity index is 2.05. The highest BCUT2D eigenvalue weighted by atomic mass is 16.7. The number of H-pyrrole nitrogens is 1. The summed E-state index contributed by atoms with van der Waals surface area (Å²) in [5, 5.41) is 0.943. The number of rotatable bonds is 3. The number of benzene rings is 1. The van der Waals surface area contributed by atoms with E-state index in [0.29, 0.717) is 0 Å². The van der Waals surface area contributed by atoms with E-state index in [1.807, 2.05) is 24.3 Å². The Hall–Kier alpha value is -2.30. The molecule has 0 atom stereocenters. The van der Waals surface area contributed by atoms with Gasteiger partial charge in [-0.15, -0.1) is 0 Å². The Morgan fingerprint density at radius 3 is 2.83 bits per heavy atom. The van der Waals surface area contributed by atoms with E-state index in [-0.39, 0.29) is 13.0 Å². The van der Waals surface area contributed by atoms with Crippen molar-refractivity contribution >= 4 is 23.0 Å². The van der Waals surface area contributed by atoms with Crippen LogP contribution in [0.2, 0.25) is 0 Å². The maximum absolute atomic E-state index is 11.5. The van der Waals surface area contributed by atoms with Crippen molar-refractivity contribution in [1.29, 1.82) is 0 Å². The number of hydrogen-bond donors (Lipinski definition) is 1. The topological polar surface area (TPSA) is 68.4 Å². The first-order chi connectivity index (χ1) is 8.70. The summed E-state index contributed by atoms with van der Waals surface area (Å²) >= 11 is 0. The average molecular weight is 247 g/mol. The van der Waals surface area contributed by atoms with E-state index in [1.54, 1.807) is 13.1 Å². The monoisotopic (exact) mass is 247 g/mol. The molecule has 0 unspecified atom stereocenters. The molecule has 0 aliphatic heterocycles. The van der Waals surface area contributed by atoms with E-state index in [1.165, 1.54) is 0 Å². The second kappa shape index (κ2) is 5.35. The zero-order valence-electron chi connectivity index (χ0n) is 9.93. The smallest absolute Gasteiger partial charge is 0.434 e. The predicted molar refractivity (Wildman–Crippen MR) is 65.1 cm³/mol. The van der Waals surface area contributed by atoms with Gasteiger partial charge in [0.25, 0.3) is 0 Å². The van der Waals surface area contributed by atoms with Crippen molar-refractivity contribution in [1.82, 2.24) is 4.98 Å². The molecule has 5 nitrogen and oxygen atoms in total. The zero-order valence-corrected chi connectivity index (χ0v) is 9.93. The van der Waals surface area contributed by atoms with Crippen LogP contribution >= 0.6 is 0 Å². The third kappa shape index (κ3) is 2.68. The minimum absolute atomic E-state index is 0.0306. The summed E-state index contributed by atoms with van der Waals surface area (Å²) in [6, 6.07) is 7.60. The van der Waals surface area contributed by atoms with Gasteiger partial charge in [0.2, 0.25) is 0 Å². The third-order valence-electron chi connectivity index (χ3n) is 2.47.